The molecule has 2 aromatic heterocycles. The van der Waals surface area contributed by atoms with Crippen LogP contribution in [0.4, 0.5) is 13.2 Å². The fourth-order valence-electron chi connectivity index (χ4n) is 2.67. The highest BCUT2D eigenvalue weighted by Gasteiger charge is 2.35. The molecule has 0 bridgehead atoms. The van der Waals surface area contributed by atoms with Gasteiger partial charge in [0.1, 0.15) is 10.8 Å². The Morgan fingerprint density at radius 3 is 2.55 bits per heavy atom. The Morgan fingerprint density at radius 1 is 1.00 bits per heavy atom. The third-order valence-corrected chi connectivity index (χ3v) is 4.95. The van der Waals surface area contributed by atoms with Crippen LogP contribution in [0.15, 0.2) is 58.1 Å². The summed E-state index contributed by atoms with van der Waals surface area (Å²) in [5.41, 5.74) is 0.874. The first-order valence-electron chi connectivity index (χ1n) is 8.38. The molecule has 0 fully saturated rings. The van der Waals surface area contributed by atoms with Crippen LogP contribution in [0.2, 0.25) is 0 Å². The standard InChI is InChI=1S/C19H13F3N4O2S/c1-27-14-9-5-3-7-12(14)16-24-15(28-26-16)10-29-17-11-6-2-4-8-13(11)23-18(25-17)19(20,21)22/h2-9H,10H2,1H3. The zero-order chi connectivity index (χ0) is 20.4. The second-order valence-corrected chi connectivity index (χ2v) is 6.83. The molecule has 6 nitrogen and oxygen atoms in total. The van der Waals surface area contributed by atoms with E-state index in [0.717, 1.165) is 11.8 Å². The lowest BCUT2D eigenvalue weighted by Gasteiger charge is -2.09. The van der Waals surface area contributed by atoms with E-state index in [1.807, 2.05) is 12.1 Å². The SMILES string of the molecule is COc1ccccc1-c1noc(CSc2nc(C(F)(F)F)nc3ccccc23)n1. The molecule has 0 spiro atoms. The maximum atomic E-state index is 13.1. The molecule has 0 radical (unpaired) electrons. The molecule has 29 heavy (non-hydrogen) atoms. The molecule has 0 amide bonds. The van der Waals surface area contributed by atoms with E-state index >= 15 is 0 Å². The van der Waals surface area contributed by atoms with Crippen LogP contribution in [0, 0.1) is 0 Å². The molecular weight excluding hydrogens is 405 g/mol. The number of fused-ring (bicyclic) bond motifs is 1. The van der Waals surface area contributed by atoms with Crippen LogP contribution in [-0.4, -0.2) is 27.2 Å². The average Bonchev–Trinajstić information content (AvgIpc) is 3.20. The van der Waals surface area contributed by atoms with Crippen molar-refractivity contribution in [2.45, 2.75) is 17.0 Å². The number of aromatic nitrogens is 4. The molecule has 0 saturated heterocycles. The molecule has 148 valence electrons. The molecule has 2 aromatic carbocycles. The van der Waals surface area contributed by atoms with Crippen LogP contribution < -0.4 is 4.74 Å². The van der Waals surface area contributed by atoms with Crippen LogP contribution >= 0.6 is 11.8 Å². The largest absolute Gasteiger partial charge is 0.496 e. The number of hydrogen-bond acceptors (Lipinski definition) is 7. The molecule has 0 atom stereocenters. The quantitative estimate of drug-likeness (QED) is 0.334. The van der Waals surface area contributed by atoms with E-state index in [2.05, 4.69) is 20.1 Å². The molecular formula is C19H13F3N4O2S. The maximum absolute atomic E-state index is 13.1. The van der Waals surface area contributed by atoms with Crippen molar-refractivity contribution in [3.8, 4) is 17.1 Å². The number of methoxy groups -OCH3 is 1. The Bertz CT molecular complexity index is 1160. The maximum Gasteiger partial charge on any atom is 0.451 e. The Kier molecular flexibility index (Phi) is 5.10. The summed E-state index contributed by atoms with van der Waals surface area (Å²) in [6.07, 6.45) is -4.64. The van der Waals surface area contributed by atoms with Crippen molar-refractivity contribution in [2.75, 3.05) is 7.11 Å². The fraction of sp³-hybridized carbons (Fsp3) is 0.158. The van der Waals surface area contributed by atoms with Crippen molar-refractivity contribution in [3.63, 3.8) is 0 Å². The van der Waals surface area contributed by atoms with Crippen molar-refractivity contribution < 1.29 is 22.4 Å². The van der Waals surface area contributed by atoms with Crippen molar-refractivity contribution in [3.05, 3.63) is 60.2 Å². The number of nitrogens with zero attached hydrogens (tertiary/aromatic N) is 4. The van der Waals surface area contributed by atoms with Gasteiger partial charge in [0.15, 0.2) is 0 Å². The average molecular weight is 418 g/mol. The van der Waals surface area contributed by atoms with Gasteiger partial charge >= 0.3 is 6.18 Å². The minimum Gasteiger partial charge on any atom is -0.496 e. The van der Waals surface area contributed by atoms with Gasteiger partial charge in [0.2, 0.25) is 17.5 Å². The van der Waals surface area contributed by atoms with E-state index in [1.54, 1.807) is 30.3 Å². The zero-order valence-corrected chi connectivity index (χ0v) is 15.8. The lowest BCUT2D eigenvalue weighted by atomic mass is 10.2. The van der Waals surface area contributed by atoms with Gasteiger partial charge in [-0.05, 0) is 18.2 Å². The highest BCUT2D eigenvalue weighted by Crippen LogP contribution is 2.33. The summed E-state index contributed by atoms with van der Waals surface area (Å²) >= 11 is 1.07. The van der Waals surface area contributed by atoms with Gasteiger partial charge in [-0.2, -0.15) is 18.2 Å². The van der Waals surface area contributed by atoms with Gasteiger partial charge in [-0.3, -0.25) is 0 Å². The Morgan fingerprint density at radius 2 is 1.76 bits per heavy atom. The van der Waals surface area contributed by atoms with E-state index in [9.17, 15) is 13.2 Å². The highest BCUT2D eigenvalue weighted by molar-refractivity contribution is 7.98. The molecule has 0 unspecified atom stereocenters. The first-order chi connectivity index (χ1) is 14.0. The minimum atomic E-state index is -4.64. The van der Waals surface area contributed by atoms with Crippen LogP contribution in [0.5, 0.6) is 5.75 Å². The van der Waals surface area contributed by atoms with Crippen LogP contribution in [0.1, 0.15) is 11.7 Å². The van der Waals surface area contributed by atoms with Crippen molar-refractivity contribution in [1.82, 2.24) is 20.1 Å². The molecule has 0 saturated carbocycles. The topological polar surface area (TPSA) is 73.9 Å². The van der Waals surface area contributed by atoms with Gasteiger partial charge < -0.3 is 9.26 Å². The first-order valence-corrected chi connectivity index (χ1v) is 9.37. The molecule has 0 aliphatic heterocycles. The van der Waals surface area contributed by atoms with Crippen molar-refractivity contribution in [2.24, 2.45) is 0 Å². The third-order valence-electron chi connectivity index (χ3n) is 3.97. The lowest BCUT2D eigenvalue weighted by Crippen LogP contribution is -2.11. The lowest BCUT2D eigenvalue weighted by molar-refractivity contribution is -0.145. The molecule has 10 heteroatoms. The molecule has 4 rings (SSSR count). The number of halogens is 3. The van der Waals surface area contributed by atoms with Gasteiger partial charge in [-0.1, -0.05) is 47.3 Å². The molecule has 0 aliphatic rings. The molecule has 2 heterocycles. The summed E-state index contributed by atoms with van der Waals surface area (Å²) in [5.74, 6) is 0.150. The van der Waals surface area contributed by atoms with Crippen molar-refractivity contribution >= 4 is 22.7 Å². The van der Waals surface area contributed by atoms with Gasteiger partial charge in [0.25, 0.3) is 0 Å². The third kappa shape index (κ3) is 4.02. The number of ether oxygens (including phenoxy) is 1. The summed E-state index contributed by atoms with van der Waals surface area (Å²) < 4.78 is 49.9. The minimum absolute atomic E-state index is 0.153. The van der Waals surface area contributed by atoms with Crippen LogP contribution in [0.3, 0.4) is 0 Å². The summed E-state index contributed by atoms with van der Waals surface area (Å²) in [7, 11) is 1.54. The van der Waals surface area contributed by atoms with Crippen LogP contribution in [0.25, 0.3) is 22.3 Å². The summed E-state index contributed by atoms with van der Waals surface area (Å²) in [6.45, 7) is 0. The van der Waals surface area contributed by atoms with E-state index in [1.165, 1.54) is 13.2 Å². The fourth-order valence-corrected chi connectivity index (χ4v) is 3.52. The van der Waals surface area contributed by atoms with Gasteiger partial charge in [0, 0.05) is 5.39 Å². The van der Waals surface area contributed by atoms with Gasteiger partial charge in [-0.25, -0.2) is 9.97 Å². The summed E-state index contributed by atoms with van der Waals surface area (Å²) in [5, 5.41) is 4.65. The Labute approximate surface area is 167 Å². The molecule has 0 N–H and O–H groups in total. The normalized spacial score (nSPS) is 11.7. The first kappa shape index (κ1) is 19.2. The number of thioether (sulfide) groups is 1. The zero-order valence-electron chi connectivity index (χ0n) is 15.0. The second kappa shape index (κ2) is 7.70. The molecule has 4 aromatic rings. The Hall–Kier alpha value is -3.14. The van der Waals surface area contributed by atoms with E-state index in [0.29, 0.717) is 22.5 Å². The van der Waals surface area contributed by atoms with E-state index < -0.39 is 12.0 Å². The second-order valence-electron chi connectivity index (χ2n) is 5.87. The summed E-state index contributed by atoms with van der Waals surface area (Å²) in [4.78, 5) is 11.6. The number of rotatable bonds is 5. The van der Waals surface area contributed by atoms with E-state index in [-0.39, 0.29) is 22.2 Å². The number of hydrogen-bond donors (Lipinski definition) is 0. The highest BCUT2D eigenvalue weighted by atomic mass is 32.2. The summed E-state index contributed by atoms with van der Waals surface area (Å²) in [6, 6.07) is 13.7. The monoisotopic (exact) mass is 418 g/mol. The number of benzene rings is 2. The van der Waals surface area contributed by atoms with E-state index in [4.69, 9.17) is 9.26 Å². The Balaban J connectivity index is 1.61. The van der Waals surface area contributed by atoms with Crippen molar-refractivity contribution in [1.29, 1.82) is 0 Å². The predicted molar refractivity (Wildman–Crippen MR) is 100 cm³/mol. The number of para-hydroxylation sites is 2. The predicted octanol–water partition coefficient (Wildman–Crippen LogP) is 5.00. The van der Waals surface area contributed by atoms with Crippen LogP contribution in [-0.2, 0) is 11.9 Å². The number of alkyl halides is 3. The van der Waals surface area contributed by atoms with Gasteiger partial charge in [-0.15, -0.1) is 0 Å². The smallest absolute Gasteiger partial charge is 0.451 e. The molecule has 0 aliphatic carbocycles. The van der Waals surface area contributed by atoms with Gasteiger partial charge in [0.05, 0.1) is 23.9 Å².